The van der Waals surface area contributed by atoms with Gasteiger partial charge in [0.15, 0.2) is 0 Å². The number of benzene rings is 1. The highest BCUT2D eigenvalue weighted by molar-refractivity contribution is 5.77. The summed E-state index contributed by atoms with van der Waals surface area (Å²) in [5.74, 6) is -0.816. The van der Waals surface area contributed by atoms with Gasteiger partial charge in [0, 0.05) is 12.1 Å². The first-order valence-electron chi connectivity index (χ1n) is 5.17. The molecule has 0 fully saturated rings. The fourth-order valence-corrected chi connectivity index (χ4v) is 1.28. The number of halogens is 1. The van der Waals surface area contributed by atoms with Crippen LogP contribution in [0, 0.1) is 5.82 Å². The topological polar surface area (TPSA) is 58.6 Å². The zero-order valence-electron chi connectivity index (χ0n) is 10.1. The molecule has 5 heteroatoms. The number of hydrogen-bond donors (Lipinski definition) is 2. The molecule has 17 heavy (non-hydrogen) atoms. The number of ether oxygens (including phenoxy) is 1. The second kappa shape index (κ2) is 5.14. The van der Waals surface area contributed by atoms with E-state index in [1.165, 1.54) is 25.3 Å². The van der Waals surface area contributed by atoms with E-state index in [1.807, 2.05) is 0 Å². The van der Waals surface area contributed by atoms with Gasteiger partial charge in [-0.1, -0.05) is 0 Å². The maximum absolute atomic E-state index is 13.1. The van der Waals surface area contributed by atoms with Gasteiger partial charge in [0.25, 0.3) is 0 Å². The minimum atomic E-state index is -1.07. The standard InChI is InChI=1S/C12H16FNO3/c1-12(2,11(15)16)14-7-8-6-9(13)4-5-10(8)17-3/h4-6,14H,7H2,1-3H3,(H,15,16). The molecule has 0 radical (unpaired) electrons. The molecule has 94 valence electrons. The van der Waals surface area contributed by atoms with Gasteiger partial charge in [0.05, 0.1) is 7.11 Å². The smallest absolute Gasteiger partial charge is 0.323 e. The van der Waals surface area contributed by atoms with Crippen LogP contribution in [0.25, 0.3) is 0 Å². The normalized spacial score (nSPS) is 11.3. The molecule has 2 N–H and O–H groups in total. The van der Waals surface area contributed by atoms with Crippen LogP contribution in [0.4, 0.5) is 4.39 Å². The average molecular weight is 241 g/mol. The molecule has 0 spiro atoms. The number of nitrogens with one attached hydrogen (secondary N) is 1. The third-order valence-corrected chi connectivity index (χ3v) is 2.50. The molecule has 0 saturated carbocycles. The van der Waals surface area contributed by atoms with Crippen LogP contribution in [0.3, 0.4) is 0 Å². The van der Waals surface area contributed by atoms with Crippen molar-refractivity contribution in [1.29, 1.82) is 0 Å². The van der Waals surface area contributed by atoms with Crippen LogP contribution in [0.15, 0.2) is 18.2 Å². The Kier molecular flexibility index (Phi) is 4.07. The van der Waals surface area contributed by atoms with E-state index in [2.05, 4.69) is 5.32 Å². The van der Waals surface area contributed by atoms with E-state index in [4.69, 9.17) is 9.84 Å². The van der Waals surface area contributed by atoms with Gasteiger partial charge in [-0.05, 0) is 32.0 Å². The molecule has 0 unspecified atom stereocenters. The first kappa shape index (κ1) is 13.4. The number of rotatable bonds is 5. The van der Waals surface area contributed by atoms with Crippen molar-refractivity contribution in [2.24, 2.45) is 0 Å². The van der Waals surface area contributed by atoms with Crippen LogP contribution in [-0.4, -0.2) is 23.7 Å². The molecule has 0 saturated heterocycles. The summed E-state index contributed by atoms with van der Waals surface area (Å²) >= 11 is 0. The molecule has 0 aromatic heterocycles. The number of carbonyl (C=O) groups is 1. The Morgan fingerprint density at radius 1 is 1.53 bits per heavy atom. The van der Waals surface area contributed by atoms with Crippen molar-refractivity contribution < 1.29 is 19.0 Å². The molecule has 0 aliphatic heterocycles. The molecule has 0 heterocycles. The Balaban J connectivity index is 2.81. The lowest BCUT2D eigenvalue weighted by molar-refractivity contribution is -0.143. The van der Waals surface area contributed by atoms with Gasteiger partial charge in [-0.25, -0.2) is 4.39 Å². The average Bonchev–Trinajstić information content (AvgIpc) is 2.26. The van der Waals surface area contributed by atoms with Crippen LogP contribution in [0.1, 0.15) is 19.4 Å². The second-order valence-corrected chi connectivity index (χ2v) is 4.24. The Morgan fingerprint density at radius 2 is 2.18 bits per heavy atom. The summed E-state index contributed by atoms with van der Waals surface area (Å²) in [5.41, 5.74) is -0.487. The van der Waals surface area contributed by atoms with Crippen LogP contribution in [0.5, 0.6) is 5.75 Å². The number of carboxylic acids is 1. The summed E-state index contributed by atoms with van der Waals surface area (Å²) in [7, 11) is 1.49. The summed E-state index contributed by atoms with van der Waals surface area (Å²) < 4.78 is 18.1. The van der Waals surface area contributed by atoms with Crippen LogP contribution in [0.2, 0.25) is 0 Å². The monoisotopic (exact) mass is 241 g/mol. The summed E-state index contributed by atoms with van der Waals surface area (Å²) in [6, 6.07) is 4.13. The Morgan fingerprint density at radius 3 is 2.71 bits per heavy atom. The van der Waals surface area contributed by atoms with E-state index in [0.29, 0.717) is 11.3 Å². The van der Waals surface area contributed by atoms with Gasteiger partial charge in [-0.3, -0.25) is 10.1 Å². The van der Waals surface area contributed by atoms with Gasteiger partial charge in [0.2, 0.25) is 0 Å². The molecular weight excluding hydrogens is 225 g/mol. The van der Waals surface area contributed by atoms with Gasteiger partial charge < -0.3 is 9.84 Å². The number of hydrogen-bond acceptors (Lipinski definition) is 3. The number of methoxy groups -OCH3 is 1. The fraction of sp³-hybridized carbons (Fsp3) is 0.417. The molecule has 0 aliphatic carbocycles. The predicted octanol–water partition coefficient (Wildman–Crippen LogP) is 1.79. The van der Waals surface area contributed by atoms with E-state index in [9.17, 15) is 9.18 Å². The van der Waals surface area contributed by atoms with E-state index in [-0.39, 0.29) is 12.4 Å². The predicted molar refractivity (Wildman–Crippen MR) is 61.5 cm³/mol. The fourth-order valence-electron chi connectivity index (χ4n) is 1.28. The largest absolute Gasteiger partial charge is 0.496 e. The molecule has 0 bridgehead atoms. The van der Waals surface area contributed by atoms with E-state index in [1.54, 1.807) is 13.8 Å². The van der Waals surface area contributed by atoms with Crippen molar-refractivity contribution >= 4 is 5.97 Å². The SMILES string of the molecule is COc1ccc(F)cc1CNC(C)(C)C(=O)O. The van der Waals surface area contributed by atoms with Crippen molar-refractivity contribution in [3.8, 4) is 5.75 Å². The van der Waals surface area contributed by atoms with E-state index >= 15 is 0 Å². The van der Waals surface area contributed by atoms with Crippen molar-refractivity contribution in [2.75, 3.05) is 7.11 Å². The Bertz CT molecular complexity index is 418. The van der Waals surface area contributed by atoms with Crippen molar-refractivity contribution in [2.45, 2.75) is 25.9 Å². The molecule has 1 aromatic rings. The molecule has 0 aliphatic rings. The Labute approximate surface area is 99.4 Å². The van der Waals surface area contributed by atoms with Gasteiger partial charge in [-0.15, -0.1) is 0 Å². The highest BCUT2D eigenvalue weighted by Gasteiger charge is 2.26. The molecule has 0 amide bonds. The quantitative estimate of drug-likeness (QED) is 0.825. The lowest BCUT2D eigenvalue weighted by atomic mass is 10.1. The lowest BCUT2D eigenvalue weighted by Gasteiger charge is -2.21. The first-order valence-corrected chi connectivity index (χ1v) is 5.17. The lowest BCUT2D eigenvalue weighted by Crippen LogP contribution is -2.46. The van der Waals surface area contributed by atoms with E-state index in [0.717, 1.165) is 0 Å². The van der Waals surface area contributed by atoms with Gasteiger partial charge in [0.1, 0.15) is 17.1 Å². The second-order valence-electron chi connectivity index (χ2n) is 4.24. The molecule has 0 atom stereocenters. The van der Waals surface area contributed by atoms with Crippen LogP contribution in [-0.2, 0) is 11.3 Å². The van der Waals surface area contributed by atoms with Crippen LogP contribution >= 0.6 is 0 Å². The van der Waals surface area contributed by atoms with E-state index < -0.39 is 11.5 Å². The third kappa shape index (κ3) is 3.42. The summed E-state index contributed by atoms with van der Waals surface area (Å²) in [4.78, 5) is 10.9. The van der Waals surface area contributed by atoms with Crippen molar-refractivity contribution in [3.63, 3.8) is 0 Å². The highest BCUT2D eigenvalue weighted by atomic mass is 19.1. The van der Waals surface area contributed by atoms with Gasteiger partial charge >= 0.3 is 5.97 Å². The number of aliphatic carboxylic acids is 1. The molecule has 1 aromatic carbocycles. The zero-order valence-corrected chi connectivity index (χ0v) is 10.1. The number of carboxylic acid groups (broad SMARTS) is 1. The minimum Gasteiger partial charge on any atom is -0.496 e. The third-order valence-electron chi connectivity index (χ3n) is 2.50. The highest BCUT2D eigenvalue weighted by Crippen LogP contribution is 2.19. The minimum absolute atomic E-state index is 0.222. The Hall–Kier alpha value is -1.62. The first-order chi connectivity index (χ1) is 7.86. The maximum atomic E-state index is 13.1. The van der Waals surface area contributed by atoms with Crippen molar-refractivity contribution in [1.82, 2.24) is 5.32 Å². The maximum Gasteiger partial charge on any atom is 0.323 e. The van der Waals surface area contributed by atoms with Gasteiger partial charge in [-0.2, -0.15) is 0 Å². The molecule has 4 nitrogen and oxygen atoms in total. The van der Waals surface area contributed by atoms with Crippen molar-refractivity contribution in [3.05, 3.63) is 29.6 Å². The summed E-state index contributed by atoms with van der Waals surface area (Å²) in [5, 5.41) is 11.8. The van der Waals surface area contributed by atoms with Crippen LogP contribution < -0.4 is 10.1 Å². The summed E-state index contributed by atoms with van der Waals surface area (Å²) in [6.07, 6.45) is 0. The molecule has 1 rings (SSSR count). The zero-order chi connectivity index (χ0) is 13.1. The molecular formula is C12H16FNO3. The summed E-state index contributed by atoms with van der Waals surface area (Å²) in [6.45, 7) is 3.31.